The molecule has 1 aliphatic carbocycles. The van der Waals surface area contributed by atoms with Gasteiger partial charge in [-0.05, 0) is 65.7 Å². The van der Waals surface area contributed by atoms with Gasteiger partial charge < -0.3 is 5.32 Å². The summed E-state index contributed by atoms with van der Waals surface area (Å²) >= 11 is 11.4. The van der Waals surface area contributed by atoms with Crippen molar-refractivity contribution in [3.63, 3.8) is 0 Å². The van der Waals surface area contributed by atoms with Gasteiger partial charge in [-0.1, -0.05) is 30.3 Å². The summed E-state index contributed by atoms with van der Waals surface area (Å²) < 4.78 is 1.02. The molecule has 108 valence electrons. The van der Waals surface area contributed by atoms with Gasteiger partial charge in [0.15, 0.2) is 5.17 Å². The Morgan fingerprint density at radius 1 is 1.40 bits per heavy atom. The highest BCUT2D eigenvalue weighted by atomic mass is 79.9. The molecule has 0 amide bonds. The Morgan fingerprint density at radius 3 is 2.90 bits per heavy atom. The van der Waals surface area contributed by atoms with Crippen molar-refractivity contribution in [1.29, 1.82) is 0 Å². The molecule has 1 spiro atoms. The summed E-state index contributed by atoms with van der Waals surface area (Å²) in [5, 5.41) is 5.18. The first-order valence-electron chi connectivity index (χ1n) is 7.01. The van der Waals surface area contributed by atoms with Crippen molar-refractivity contribution in [2.24, 2.45) is 10.9 Å². The van der Waals surface area contributed by atoms with Gasteiger partial charge in [-0.2, -0.15) is 0 Å². The lowest BCUT2D eigenvalue weighted by Gasteiger charge is -2.32. The van der Waals surface area contributed by atoms with Crippen LogP contribution in [0.15, 0.2) is 27.7 Å². The molecule has 1 aromatic carbocycles. The van der Waals surface area contributed by atoms with Crippen LogP contribution in [0.25, 0.3) is 0 Å². The number of aliphatic imine (C=N–C) groups is 1. The molecule has 20 heavy (non-hydrogen) atoms. The fraction of sp³-hybridized carbons (Fsp3) is 0.533. The van der Waals surface area contributed by atoms with Crippen molar-refractivity contribution in [2.45, 2.75) is 38.1 Å². The molecular weight excluding hydrogens is 356 g/mol. The fourth-order valence-corrected chi connectivity index (χ4v) is 4.53. The summed E-state index contributed by atoms with van der Waals surface area (Å²) in [7, 11) is 0. The maximum atomic E-state index is 6.05. The Kier molecular flexibility index (Phi) is 4.34. The molecule has 3 rings (SSSR count). The zero-order chi connectivity index (χ0) is 14.2. The standard InChI is InChI=1S/C15H18BrClN2S/c1-10-4-6-15(7-5-10)9-20-14(19-15)18-13-8-11(17)2-3-12(13)16/h2-3,8,10H,4-7,9H2,1H3,(H,18,19). The van der Waals surface area contributed by atoms with Crippen molar-refractivity contribution < 1.29 is 0 Å². The van der Waals surface area contributed by atoms with Gasteiger partial charge in [0.2, 0.25) is 0 Å². The van der Waals surface area contributed by atoms with Crippen LogP contribution in [0.5, 0.6) is 0 Å². The number of nitrogens with zero attached hydrogens (tertiary/aromatic N) is 1. The Hall–Kier alpha value is -0.190. The zero-order valence-corrected chi connectivity index (χ0v) is 14.6. The van der Waals surface area contributed by atoms with Gasteiger partial charge in [0.05, 0.1) is 11.2 Å². The summed E-state index contributed by atoms with van der Waals surface area (Å²) in [6.45, 7) is 2.35. The molecule has 0 unspecified atom stereocenters. The van der Waals surface area contributed by atoms with E-state index in [1.165, 1.54) is 25.7 Å². The third-order valence-corrected chi connectivity index (χ3v) is 6.27. The average molecular weight is 374 g/mol. The summed E-state index contributed by atoms with van der Waals surface area (Å²) in [4.78, 5) is 4.98. The van der Waals surface area contributed by atoms with E-state index >= 15 is 0 Å². The van der Waals surface area contributed by atoms with Crippen molar-refractivity contribution in [3.05, 3.63) is 27.7 Å². The van der Waals surface area contributed by atoms with Crippen molar-refractivity contribution in [3.8, 4) is 0 Å². The highest BCUT2D eigenvalue weighted by molar-refractivity contribution is 9.10. The van der Waals surface area contributed by atoms with Crippen LogP contribution in [-0.4, -0.2) is 16.5 Å². The first kappa shape index (κ1) is 14.7. The summed E-state index contributed by atoms with van der Waals surface area (Å²) in [6.07, 6.45) is 5.06. The second-order valence-corrected chi connectivity index (χ2v) is 8.12. The van der Waals surface area contributed by atoms with Crippen LogP contribution < -0.4 is 5.32 Å². The van der Waals surface area contributed by atoms with Gasteiger partial charge >= 0.3 is 0 Å². The molecule has 1 N–H and O–H groups in total. The quantitative estimate of drug-likeness (QED) is 0.696. The molecule has 1 aliphatic heterocycles. The number of amidine groups is 1. The van der Waals surface area contributed by atoms with E-state index in [0.717, 1.165) is 32.0 Å². The number of thioether (sulfide) groups is 1. The van der Waals surface area contributed by atoms with Gasteiger partial charge in [0.25, 0.3) is 0 Å². The summed E-state index contributed by atoms with van der Waals surface area (Å²) in [5.41, 5.74) is 1.18. The topological polar surface area (TPSA) is 24.4 Å². The molecule has 0 saturated heterocycles. The van der Waals surface area contributed by atoms with Gasteiger partial charge in [0, 0.05) is 15.2 Å². The van der Waals surface area contributed by atoms with Gasteiger partial charge in [-0.15, -0.1) is 0 Å². The minimum Gasteiger partial charge on any atom is -0.334 e. The monoisotopic (exact) mass is 372 g/mol. The van der Waals surface area contributed by atoms with Crippen LogP contribution in [0.4, 0.5) is 5.69 Å². The third-order valence-electron chi connectivity index (χ3n) is 4.19. The molecule has 1 fully saturated rings. The number of hydrogen-bond acceptors (Lipinski definition) is 3. The Morgan fingerprint density at radius 2 is 2.15 bits per heavy atom. The van der Waals surface area contributed by atoms with E-state index in [1.54, 1.807) is 0 Å². The van der Waals surface area contributed by atoms with E-state index in [-0.39, 0.29) is 5.54 Å². The molecule has 0 bridgehead atoms. The average Bonchev–Trinajstić information content (AvgIpc) is 2.81. The summed E-state index contributed by atoms with van der Waals surface area (Å²) in [5.74, 6) is 1.97. The molecule has 2 nitrogen and oxygen atoms in total. The maximum absolute atomic E-state index is 6.05. The number of anilines is 1. The second-order valence-electron chi connectivity index (χ2n) is 5.86. The highest BCUT2D eigenvalue weighted by Crippen LogP contribution is 2.42. The van der Waals surface area contributed by atoms with Crippen LogP contribution in [-0.2, 0) is 0 Å². The van der Waals surface area contributed by atoms with E-state index in [1.807, 2.05) is 30.0 Å². The lowest BCUT2D eigenvalue weighted by Crippen LogP contribution is -2.32. The maximum Gasteiger partial charge on any atom is 0.161 e. The van der Waals surface area contributed by atoms with E-state index in [4.69, 9.17) is 16.6 Å². The Bertz CT molecular complexity index is 539. The number of hydrogen-bond donors (Lipinski definition) is 1. The van der Waals surface area contributed by atoms with Crippen LogP contribution in [0.3, 0.4) is 0 Å². The molecule has 5 heteroatoms. The molecular formula is C15H18BrClN2S. The van der Waals surface area contributed by atoms with Crippen LogP contribution >= 0.6 is 39.3 Å². The molecule has 0 aromatic heterocycles. The first-order valence-corrected chi connectivity index (χ1v) is 9.17. The minimum absolute atomic E-state index is 0.185. The lowest BCUT2D eigenvalue weighted by atomic mass is 9.79. The number of halogens is 2. The van der Waals surface area contributed by atoms with Crippen LogP contribution in [0.2, 0.25) is 5.02 Å². The van der Waals surface area contributed by atoms with E-state index in [2.05, 4.69) is 28.2 Å². The highest BCUT2D eigenvalue weighted by Gasteiger charge is 2.38. The molecule has 0 atom stereocenters. The van der Waals surface area contributed by atoms with Gasteiger partial charge in [-0.3, -0.25) is 4.99 Å². The van der Waals surface area contributed by atoms with Crippen molar-refractivity contribution in [1.82, 2.24) is 0 Å². The van der Waals surface area contributed by atoms with Crippen LogP contribution in [0.1, 0.15) is 32.6 Å². The molecule has 1 heterocycles. The number of benzene rings is 1. The predicted octanol–water partition coefficient (Wildman–Crippen LogP) is 5.57. The SMILES string of the molecule is CC1CCC2(CC1)CSC(Nc1cc(Cl)ccc1Br)=N2. The normalized spacial score (nSPS) is 29.6. The molecule has 1 saturated carbocycles. The minimum atomic E-state index is 0.185. The fourth-order valence-electron chi connectivity index (χ4n) is 2.81. The van der Waals surface area contributed by atoms with E-state index < -0.39 is 0 Å². The van der Waals surface area contributed by atoms with Crippen molar-refractivity contribution >= 4 is 50.1 Å². The smallest absolute Gasteiger partial charge is 0.161 e. The Labute approximate surface area is 137 Å². The van der Waals surface area contributed by atoms with Crippen LogP contribution in [0, 0.1) is 5.92 Å². The number of rotatable bonds is 1. The lowest BCUT2D eigenvalue weighted by molar-refractivity contribution is 0.273. The van der Waals surface area contributed by atoms with E-state index in [9.17, 15) is 0 Å². The molecule has 1 aromatic rings. The van der Waals surface area contributed by atoms with Gasteiger partial charge in [0.1, 0.15) is 0 Å². The largest absolute Gasteiger partial charge is 0.334 e. The number of nitrogens with one attached hydrogen (secondary N) is 1. The van der Waals surface area contributed by atoms with Crippen molar-refractivity contribution in [2.75, 3.05) is 11.1 Å². The zero-order valence-electron chi connectivity index (χ0n) is 11.5. The van der Waals surface area contributed by atoms with Gasteiger partial charge in [-0.25, -0.2) is 0 Å². The Balaban J connectivity index is 1.74. The van der Waals surface area contributed by atoms with E-state index in [0.29, 0.717) is 0 Å². The first-order chi connectivity index (χ1) is 9.56. The predicted molar refractivity (Wildman–Crippen MR) is 93.0 cm³/mol. The molecule has 0 radical (unpaired) electrons. The second kappa shape index (κ2) is 5.90. The molecule has 2 aliphatic rings. The summed E-state index contributed by atoms with van der Waals surface area (Å²) in [6, 6.07) is 5.77. The third kappa shape index (κ3) is 3.18.